The Hall–Kier alpha value is -1.75. The van der Waals surface area contributed by atoms with Crippen molar-refractivity contribution < 1.29 is 4.79 Å². The van der Waals surface area contributed by atoms with E-state index in [0.717, 1.165) is 19.4 Å². The van der Waals surface area contributed by atoms with Gasteiger partial charge in [-0.1, -0.05) is 0 Å². The van der Waals surface area contributed by atoms with Crippen molar-refractivity contribution in [3.63, 3.8) is 0 Å². The number of piperidine rings is 1. The van der Waals surface area contributed by atoms with Gasteiger partial charge in [0.15, 0.2) is 0 Å². The normalized spacial score (nSPS) is 26.2. The molecular formula is C15H22N4O. The van der Waals surface area contributed by atoms with Crippen molar-refractivity contribution in [1.82, 2.24) is 10.2 Å². The Morgan fingerprint density at radius 3 is 2.90 bits per heavy atom. The van der Waals surface area contributed by atoms with Crippen LogP contribution in [0, 0.1) is 0 Å². The van der Waals surface area contributed by atoms with Gasteiger partial charge in [0.05, 0.1) is 5.56 Å². The lowest BCUT2D eigenvalue weighted by Crippen LogP contribution is -2.47. The van der Waals surface area contributed by atoms with Gasteiger partial charge in [0.25, 0.3) is 5.91 Å². The molecule has 3 rings (SSSR count). The third-order valence-electron chi connectivity index (χ3n) is 4.48. The summed E-state index contributed by atoms with van der Waals surface area (Å²) in [6.07, 6.45) is 4.63. The quantitative estimate of drug-likeness (QED) is 0.708. The molecule has 2 fully saturated rings. The molecule has 2 unspecified atom stereocenters. The number of fused-ring (bicyclic) bond motifs is 1. The summed E-state index contributed by atoms with van der Waals surface area (Å²) in [6, 6.07) is 5.96. The minimum atomic E-state index is -0.0843. The maximum Gasteiger partial charge on any atom is 0.253 e. The van der Waals surface area contributed by atoms with Crippen LogP contribution in [0.25, 0.3) is 0 Å². The van der Waals surface area contributed by atoms with Crippen LogP contribution in [-0.2, 0) is 0 Å². The van der Waals surface area contributed by atoms with Crippen molar-refractivity contribution in [3.8, 4) is 0 Å². The average molecular weight is 274 g/mol. The van der Waals surface area contributed by atoms with Crippen LogP contribution in [0.15, 0.2) is 18.2 Å². The van der Waals surface area contributed by atoms with E-state index in [-0.39, 0.29) is 11.9 Å². The molecule has 0 spiro atoms. The highest BCUT2D eigenvalue weighted by atomic mass is 16.1. The Balaban J connectivity index is 1.64. The van der Waals surface area contributed by atoms with E-state index in [0.29, 0.717) is 23.0 Å². The molecule has 1 amide bonds. The fourth-order valence-corrected chi connectivity index (χ4v) is 3.41. The SMILES string of the molecule is Nc1ccc(C(=O)NC2CCN3CCCC3C2)c(N)c1. The molecule has 20 heavy (non-hydrogen) atoms. The zero-order valence-electron chi connectivity index (χ0n) is 11.6. The van der Waals surface area contributed by atoms with Crippen LogP contribution in [-0.4, -0.2) is 36.0 Å². The minimum absolute atomic E-state index is 0.0843. The summed E-state index contributed by atoms with van der Waals surface area (Å²) in [5, 5.41) is 3.12. The van der Waals surface area contributed by atoms with Crippen molar-refractivity contribution in [2.75, 3.05) is 24.6 Å². The number of rotatable bonds is 2. The molecule has 5 N–H and O–H groups in total. The lowest BCUT2D eigenvalue weighted by molar-refractivity contribution is 0.0897. The van der Waals surface area contributed by atoms with Crippen LogP contribution >= 0.6 is 0 Å². The van der Waals surface area contributed by atoms with Crippen LogP contribution in [0.1, 0.15) is 36.0 Å². The van der Waals surface area contributed by atoms with Crippen LogP contribution in [0.3, 0.4) is 0 Å². The fraction of sp³-hybridized carbons (Fsp3) is 0.533. The van der Waals surface area contributed by atoms with Crippen molar-refractivity contribution in [2.24, 2.45) is 0 Å². The molecule has 0 bridgehead atoms. The molecule has 1 aromatic carbocycles. The van der Waals surface area contributed by atoms with Gasteiger partial charge in [0.1, 0.15) is 0 Å². The van der Waals surface area contributed by atoms with Gasteiger partial charge in [0, 0.05) is 30.0 Å². The van der Waals surface area contributed by atoms with E-state index in [4.69, 9.17) is 11.5 Å². The number of carbonyl (C=O) groups is 1. The number of hydrogen-bond acceptors (Lipinski definition) is 4. The number of nitrogens with zero attached hydrogens (tertiary/aromatic N) is 1. The van der Waals surface area contributed by atoms with E-state index >= 15 is 0 Å². The first-order valence-corrected chi connectivity index (χ1v) is 7.33. The van der Waals surface area contributed by atoms with Crippen LogP contribution in [0.4, 0.5) is 11.4 Å². The molecule has 108 valence electrons. The first kappa shape index (κ1) is 13.2. The summed E-state index contributed by atoms with van der Waals surface area (Å²) in [5.74, 6) is -0.0843. The Labute approximate surface area is 119 Å². The first-order valence-electron chi connectivity index (χ1n) is 7.33. The number of amides is 1. The highest BCUT2D eigenvalue weighted by Crippen LogP contribution is 2.27. The number of benzene rings is 1. The van der Waals surface area contributed by atoms with Gasteiger partial charge in [-0.15, -0.1) is 0 Å². The van der Waals surface area contributed by atoms with Gasteiger partial charge in [-0.2, -0.15) is 0 Å². The molecule has 2 atom stereocenters. The molecular weight excluding hydrogens is 252 g/mol. The number of nitrogens with one attached hydrogen (secondary N) is 1. The van der Waals surface area contributed by atoms with Gasteiger partial charge in [-0.3, -0.25) is 4.79 Å². The predicted octanol–water partition coefficient (Wildman–Crippen LogP) is 1.21. The summed E-state index contributed by atoms with van der Waals surface area (Å²) < 4.78 is 0. The van der Waals surface area contributed by atoms with E-state index in [9.17, 15) is 4.79 Å². The summed E-state index contributed by atoms with van der Waals surface area (Å²) in [6.45, 7) is 2.31. The number of hydrogen-bond donors (Lipinski definition) is 3. The van der Waals surface area contributed by atoms with E-state index in [1.54, 1.807) is 18.2 Å². The lowest BCUT2D eigenvalue weighted by atomic mass is 9.97. The molecule has 2 heterocycles. The monoisotopic (exact) mass is 274 g/mol. The molecule has 2 aliphatic heterocycles. The van der Waals surface area contributed by atoms with Gasteiger partial charge < -0.3 is 21.7 Å². The smallest absolute Gasteiger partial charge is 0.253 e. The molecule has 0 radical (unpaired) electrons. The van der Waals surface area contributed by atoms with Crippen molar-refractivity contribution in [2.45, 2.75) is 37.8 Å². The second kappa shape index (κ2) is 5.32. The Bertz CT molecular complexity index is 517. The zero-order chi connectivity index (χ0) is 14.1. The highest BCUT2D eigenvalue weighted by molar-refractivity contribution is 5.99. The van der Waals surface area contributed by atoms with Crippen LogP contribution in [0.5, 0.6) is 0 Å². The highest BCUT2D eigenvalue weighted by Gasteiger charge is 2.32. The largest absolute Gasteiger partial charge is 0.399 e. The number of nitrogens with two attached hydrogens (primary N) is 2. The summed E-state index contributed by atoms with van der Waals surface area (Å²) in [5.41, 5.74) is 13.1. The maximum atomic E-state index is 12.3. The molecule has 1 aromatic rings. The molecule has 2 saturated heterocycles. The molecule has 5 nitrogen and oxygen atoms in total. The van der Waals surface area contributed by atoms with Crippen molar-refractivity contribution >= 4 is 17.3 Å². The lowest BCUT2D eigenvalue weighted by Gasteiger charge is -2.35. The van der Waals surface area contributed by atoms with E-state index in [1.165, 1.54) is 19.4 Å². The van der Waals surface area contributed by atoms with Crippen molar-refractivity contribution in [3.05, 3.63) is 23.8 Å². The standard InChI is InChI=1S/C15H22N4O/c16-10-3-4-13(14(17)8-10)15(20)18-11-5-7-19-6-1-2-12(19)9-11/h3-4,8,11-12H,1-2,5-7,9,16-17H2,(H,18,20). The summed E-state index contributed by atoms with van der Waals surface area (Å²) in [7, 11) is 0. The fourth-order valence-electron chi connectivity index (χ4n) is 3.41. The van der Waals surface area contributed by atoms with E-state index in [2.05, 4.69) is 10.2 Å². The Kier molecular flexibility index (Phi) is 3.53. The number of anilines is 2. The molecule has 0 saturated carbocycles. The topological polar surface area (TPSA) is 84.4 Å². The van der Waals surface area contributed by atoms with Crippen LogP contribution in [0.2, 0.25) is 0 Å². The van der Waals surface area contributed by atoms with Gasteiger partial charge in [-0.25, -0.2) is 0 Å². The molecule has 5 heteroatoms. The number of carbonyl (C=O) groups excluding carboxylic acids is 1. The van der Waals surface area contributed by atoms with E-state index in [1.807, 2.05) is 0 Å². The third-order valence-corrected chi connectivity index (χ3v) is 4.48. The molecule has 0 aliphatic carbocycles. The average Bonchev–Trinajstić information content (AvgIpc) is 2.85. The third kappa shape index (κ3) is 2.58. The maximum absolute atomic E-state index is 12.3. The van der Waals surface area contributed by atoms with E-state index < -0.39 is 0 Å². The van der Waals surface area contributed by atoms with Gasteiger partial charge in [-0.05, 0) is 50.4 Å². The van der Waals surface area contributed by atoms with Gasteiger partial charge >= 0.3 is 0 Å². The Morgan fingerprint density at radius 2 is 2.10 bits per heavy atom. The number of nitrogen functional groups attached to an aromatic ring is 2. The second-order valence-corrected chi connectivity index (χ2v) is 5.87. The summed E-state index contributed by atoms with van der Waals surface area (Å²) >= 11 is 0. The first-order chi connectivity index (χ1) is 9.63. The van der Waals surface area contributed by atoms with Crippen LogP contribution < -0.4 is 16.8 Å². The molecule has 2 aliphatic rings. The van der Waals surface area contributed by atoms with Gasteiger partial charge in [0.2, 0.25) is 0 Å². The summed E-state index contributed by atoms with van der Waals surface area (Å²) in [4.78, 5) is 14.8. The minimum Gasteiger partial charge on any atom is -0.399 e. The molecule has 0 aromatic heterocycles. The second-order valence-electron chi connectivity index (χ2n) is 5.87. The zero-order valence-corrected chi connectivity index (χ0v) is 11.6. The Morgan fingerprint density at radius 1 is 1.25 bits per heavy atom. The van der Waals surface area contributed by atoms with Crippen molar-refractivity contribution in [1.29, 1.82) is 0 Å². The predicted molar refractivity (Wildman–Crippen MR) is 80.4 cm³/mol.